The molecule has 3 aliphatic rings. The van der Waals surface area contributed by atoms with Gasteiger partial charge in [-0.2, -0.15) is 0 Å². The van der Waals surface area contributed by atoms with Crippen LogP contribution in [0.15, 0.2) is 239 Å². The number of hydrogen-bond acceptors (Lipinski definition) is 6. The van der Waals surface area contributed by atoms with Crippen molar-refractivity contribution in [2.75, 3.05) is 0 Å². The number of fused-ring (bicyclic) bond motifs is 26. The third-order valence-corrected chi connectivity index (χ3v) is 19.8. The molecular weight excluding hydrogens is 997 g/mol. The maximum absolute atomic E-state index is 7.07. The van der Waals surface area contributed by atoms with E-state index >= 15 is 0 Å². The van der Waals surface area contributed by atoms with Crippen molar-refractivity contribution in [3.05, 3.63) is 274 Å². The Morgan fingerprint density at radius 2 is 0.615 bits per heavy atom. The van der Waals surface area contributed by atoms with Crippen molar-refractivity contribution >= 4 is 110 Å². The van der Waals surface area contributed by atoms with Crippen LogP contribution in [0, 0.1) is 0 Å². The molecule has 1 aliphatic carbocycles. The fourth-order valence-corrected chi connectivity index (χ4v) is 17.2. The summed E-state index contributed by atoms with van der Waals surface area (Å²) < 4.78 is 32.3. The average molecular weight is 1040 g/mol. The summed E-state index contributed by atoms with van der Waals surface area (Å²) in [7, 11) is 0. The summed E-state index contributed by atoms with van der Waals surface area (Å²) >= 11 is 3.79. The fourth-order valence-electron chi connectivity index (χ4n) is 14.2. The molecule has 0 unspecified atom stereocenters. The summed E-state index contributed by atoms with van der Waals surface area (Å²) in [6.07, 6.45) is 0. The van der Waals surface area contributed by atoms with E-state index in [2.05, 4.69) is 228 Å². The van der Waals surface area contributed by atoms with Gasteiger partial charge < -0.3 is 27.4 Å². The molecule has 0 saturated carbocycles. The van der Waals surface area contributed by atoms with Gasteiger partial charge in [0.2, 0.25) is 0 Å². The normalized spacial score (nSPS) is 14.6. The van der Waals surface area contributed by atoms with Crippen LogP contribution in [-0.2, 0) is 10.8 Å². The van der Waals surface area contributed by atoms with Crippen LogP contribution in [0.1, 0.15) is 43.1 Å². The number of nitrogens with zero attached hydrogens (tertiary/aromatic N) is 2. The number of benzene rings is 10. The molecule has 0 amide bonds. The summed E-state index contributed by atoms with van der Waals surface area (Å²) in [4.78, 5) is 2.47. The lowest BCUT2D eigenvalue weighted by molar-refractivity contribution is 0.418. The van der Waals surface area contributed by atoms with E-state index in [0.29, 0.717) is 0 Å². The first-order valence-corrected chi connectivity index (χ1v) is 28.0. The Hall–Kier alpha value is -9.60. The van der Waals surface area contributed by atoms with Gasteiger partial charge in [0.15, 0.2) is 0 Å². The zero-order valence-electron chi connectivity index (χ0n) is 41.3. The number of rotatable bonds is 2. The van der Waals surface area contributed by atoms with E-state index < -0.39 is 10.8 Å². The minimum atomic E-state index is -0.846. The summed E-state index contributed by atoms with van der Waals surface area (Å²) in [5.41, 5.74) is 13.2. The van der Waals surface area contributed by atoms with Crippen molar-refractivity contribution in [1.82, 2.24) is 9.13 Å². The van der Waals surface area contributed by atoms with E-state index in [4.69, 9.17) is 18.3 Å². The molecule has 2 aliphatic heterocycles. The summed E-state index contributed by atoms with van der Waals surface area (Å²) in [6.45, 7) is 0. The minimum absolute atomic E-state index is 0.844. The number of furan rings is 2. The van der Waals surface area contributed by atoms with Crippen molar-refractivity contribution in [1.29, 1.82) is 0 Å². The van der Waals surface area contributed by atoms with E-state index in [1.807, 2.05) is 34.8 Å². The lowest BCUT2D eigenvalue weighted by Crippen LogP contribution is -2.45. The number of hydrogen-bond donors (Lipinski definition) is 0. The first kappa shape index (κ1) is 41.6. The second kappa shape index (κ2) is 14.7. The summed E-state index contributed by atoms with van der Waals surface area (Å²) in [5.74, 6) is 3.38. The standard InChI is InChI=1S/C70H38N2O4S2/c1-9-25-53-39(17-1)43-35-63-45(41-19-3-11-27-57(41)73-63)33-55(43)71(53)65-37-51-67(77-65)70(49-23-7-15-31-61(49)76-62-32-16-8-24-50(62)70)52-38-66(78-68(52)69(51)47-21-5-13-29-59(47)75-60-30-14-6-22-48(60)69)72-54-26-10-2-18-40(54)44-36-64-46(34-56(44)72)42-20-4-12-28-58(42)74-64/h1-38H. The Balaban J connectivity index is 1.00. The second-order valence-corrected chi connectivity index (χ2v) is 23.0. The number of para-hydroxylation sites is 8. The van der Waals surface area contributed by atoms with Gasteiger partial charge >= 0.3 is 0 Å². The molecule has 10 aromatic carbocycles. The molecule has 6 nitrogen and oxygen atoms in total. The molecular formula is C70H38N2O4S2. The molecule has 78 heavy (non-hydrogen) atoms. The molecule has 0 saturated heterocycles. The predicted octanol–water partition coefficient (Wildman–Crippen LogP) is 19.1. The lowest BCUT2D eigenvalue weighted by Gasteiger charge is -2.50. The molecule has 364 valence electrons. The molecule has 8 heterocycles. The molecule has 0 atom stereocenters. The van der Waals surface area contributed by atoms with Gasteiger partial charge in [-0.05, 0) is 96.1 Å². The van der Waals surface area contributed by atoms with Gasteiger partial charge in [-0.3, -0.25) is 0 Å². The zero-order valence-corrected chi connectivity index (χ0v) is 42.9. The van der Waals surface area contributed by atoms with Crippen LogP contribution in [0.5, 0.6) is 23.0 Å². The largest absolute Gasteiger partial charge is 0.457 e. The van der Waals surface area contributed by atoms with Crippen LogP contribution in [0.3, 0.4) is 0 Å². The highest BCUT2D eigenvalue weighted by Crippen LogP contribution is 2.70. The lowest BCUT2D eigenvalue weighted by atomic mass is 9.54. The molecule has 2 spiro atoms. The van der Waals surface area contributed by atoms with Crippen LogP contribution < -0.4 is 9.47 Å². The third-order valence-electron chi connectivity index (χ3n) is 17.3. The van der Waals surface area contributed by atoms with Crippen LogP contribution in [0.2, 0.25) is 0 Å². The Labute approximate surface area is 452 Å². The maximum Gasteiger partial charge on any atom is 0.136 e. The van der Waals surface area contributed by atoms with Crippen LogP contribution in [-0.4, -0.2) is 9.13 Å². The first-order chi connectivity index (χ1) is 38.6. The van der Waals surface area contributed by atoms with Gasteiger partial charge in [0, 0.05) is 75.1 Å². The molecule has 0 radical (unpaired) electrons. The van der Waals surface area contributed by atoms with Crippen molar-refractivity contribution in [2.45, 2.75) is 10.8 Å². The Bertz CT molecular complexity index is 4860. The topological polar surface area (TPSA) is 54.6 Å². The monoisotopic (exact) mass is 1030 g/mol. The Morgan fingerprint density at radius 1 is 0.269 bits per heavy atom. The number of thiophene rings is 2. The first-order valence-electron chi connectivity index (χ1n) is 26.4. The van der Waals surface area contributed by atoms with Crippen LogP contribution in [0.4, 0.5) is 0 Å². The zero-order chi connectivity index (χ0) is 50.6. The van der Waals surface area contributed by atoms with Gasteiger partial charge in [-0.25, -0.2) is 0 Å². The van der Waals surface area contributed by atoms with Gasteiger partial charge in [0.25, 0.3) is 0 Å². The van der Waals surface area contributed by atoms with Crippen molar-refractivity contribution in [3.63, 3.8) is 0 Å². The quantitative estimate of drug-likeness (QED) is 0.173. The van der Waals surface area contributed by atoms with Gasteiger partial charge in [-0.1, -0.05) is 146 Å². The van der Waals surface area contributed by atoms with E-state index in [0.717, 1.165) is 132 Å². The van der Waals surface area contributed by atoms with Crippen LogP contribution in [0.25, 0.3) is 97.5 Å². The molecule has 0 fully saturated rings. The smallest absolute Gasteiger partial charge is 0.136 e. The predicted molar refractivity (Wildman–Crippen MR) is 316 cm³/mol. The maximum atomic E-state index is 7.07. The van der Waals surface area contributed by atoms with Gasteiger partial charge in [0.1, 0.15) is 55.3 Å². The molecule has 0 bridgehead atoms. The van der Waals surface area contributed by atoms with E-state index in [1.165, 1.54) is 31.7 Å². The molecule has 19 rings (SSSR count). The highest BCUT2D eigenvalue weighted by atomic mass is 32.1. The molecule has 8 heteroatoms. The highest BCUT2D eigenvalue weighted by Gasteiger charge is 2.61. The summed E-state index contributed by atoms with van der Waals surface area (Å²) in [6, 6.07) is 83.7. The fraction of sp³-hybridized carbons (Fsp3) is 0.0286. The molecule has 6 aromatic heterocycles. The van der Waals surface area contributed by atoms with Gasteiger partial charge in [0.05, 0.1) is 32.9 Å². The highest BCUT2D eigenvalue weighted by molar-refractivity contribution is 7.16. The van der Waals surface area contributed by atoms with Crippen molar-refractivity contribution < 1.29 is 18.3 Å². The minimum Gasteiger partial charge on any atom is -0.457 e. The van der Waals surface area contributed by atoms with E-state index in [9.17, 15) is 0 Å². The third kappa shape index (κ3) is 5.00. The summed E-state index contributed by atoms with van der Waals surface area (Å²) in [5, 5.41) is 11.3. The van der Waals surface area contributed by atoms with Crippen molar-refractivity contribution in [3.8, 4) is 33.0 Å². The van der Waals surface area contributed by atoms with Crippen molar-refractivity contribution in [2.24, 2.45) is 0 Å². The SMILES string of the molecule is c1ccc2c(c1)Oc1ccccc1C21c2cc(-n3c4ccccc4c4cc5oc6ccccc6c5cc43)sc2C2(c3ccccc3Oc3ccccc32)c2cc(-n3c4ccccc4c4cc5oc6ccccc6c5cc43)sc21. The average Bonchev–Trinajstić information content (AvgIpc) is 2.63. The Kier molecular flexibility index (Phi) is 7.82. The van der Waals surface area contributed by atoms with Gasteiger partial charge in [-0.15, -0.1) is 22.7 Å². The molecule has 0 N–H and O–H groups in total. The molecule has 16 aromatic rings. The second-order valence-electron chi connectivity index (χ2n) is 21.0. The van der Waals surface area contributed by atoms with Crippen LogP contribution >= 0.6 is 22.7 Å². The number of ether oxygens (including phenoxy) is 2. The van der Waals surface area contributed by atoms with E-state index in [1.54, 1.807) is 0 Å². The van der Waals surface area contributed by atoms with E-state index in [-0.39, 0.29) is 0 Å². The Morgan fingerprint density at radius 3 is 1.03 bits per heavy atom. The number of aromatic nitrogens is 2.